The van der Waals surface area contributed by atoms with Crippen LogP contribution < -0.4 is 26.6 Å². The number of morpholine rings is 1. The first-order valence-electron chi connectivity index (χ1n) is 11.4. The van der Waals surface area contributed by atoms with Gasteiger partial charge in [0.25, 0.3) is 5.91 Å². The molecule has 10 nitrogen and oxygen atoms in total. The van der Waals surface area contributed by atoms with Crippen LogP contribution in [0.4, 0.5) is 22.9 Å². The molecule has 10 heteroatoms. The van der Waals surface area contributed by atoms with Gasteiger partial charge in [0.1, 0.15) is 0 Å². The Labute approximate surface area is 198 Å². The molecule has 4 heterocycles. The van der Waals surface area contributed by atoms with Gasteiger partial charge in [-0.3, -0.25) is 9.78 Å². The number of hydrogen-bond donors (Lipinski definition) is 3. The van der Waals surface area contributed by atoms with E-state index < -0.39 is 5.91 Å². The zero-order chi connectivity index (χ0) is 23.5. The molecule has 5 N–H and O–H groups in total. The Kier molecular flexibility index (Phi) is 6.24. The number of aromatic nitrogens is 3. The molecule has 176 valence electrons. The predicted molar refractivity (Wildman–Crippen MR) is 132 cm³/mol. The van der Waals surface area contributed by atoms with Gasteiger partial charge in [0.2, 0.25) is 0 Å². The molecular weight excluding hydrogens is 432 g/mol. The van der Waals surface area contributed by atoms with Crippen LogP contribution in [0.2, 0.25) is 0 Å². The topological polar surface area (TPSA) is 136 Å². The van der Waals surface area contributed by atoms with E-state index in [1.807, 2.05) is 30.3 Å². The van der Waals surface area contributed by atoms with Crippen molar-refractivity contribution in [2.75, 3.05) is 60.2 Å². The minimum absolute atomic E-state index is 0.0701. The summed E-state index contributed by atoms with van der Waals surface area (Å²) < 4.78 is 5.44. The molecule has 34 heavy (non-hydrogen) atoms. The number of nitrogens with two attached hydrogens (primary N) is 2. The number of nitrogen functional groups attached to an aromatic ring is 1. The summed E-state index contributed by atoms with van der Waals surface area (Å²) in [6, 6.07) is 10.1. The summed E-state index contributed by atoms with van der Waals surface area (Å²) >= 11 is 0. The molecule has 2 aromatic heterocycles. The number of pyridine rings is 1. The molecule has 1 atom stereocenters. The molecule has 0 bridgehead atoms. The van der Waals surface area contributed by atoms with Gasteiger partial charge in [0.05, 0.1) is 42.7 Å². The molecule has 3 aromatic rings. The smallest absolute Gasteiger partial charge is 0.278 e. The van der Waals surface area contributed by atoms with E-state index in [2.05, 4.69) is 30.1 Å². The zero-order valence-electron chi connectivity index (χ0n) is 18.9. The molecule has 0 unspecified atom stereocenters. The molecule has 1 aromatic carbocycles. The fourth-order valence-electron chi connectivity index (χ4n) is 4.31. The third kappa shape index (κ3) is 4.63. The van der Waals surface area contributed by atoms with Crippen LogP contribution in [0.3, 0.4) is 0 Å². The van der Waals surface area contributed by atoms with Crippen LogP contribution in [-0.2, 0) is 4.74 Å². The number of hydrogen-bond acceptors (Lipinski definition) is 9. The van der Waals surface area contributed by atoms with E-state index in [0.717, 1.165) is 49.5 Å². The van der Waals surface area contributed by atoms with Gasteiger partial charge in [0, 0.05) is 49.7 Å². The third-order valence-electron chi connectivity index (χ3n) is 6.17. The highest BCUT2D eigenvalue weighted by atomic mass is 16.5. The number of carbonyl (C=O) groups is 1. The van der Waals surface area contributed by atoms with E-state index in [1.54, 1.807) is 18.6 Å². The highest BCUT2D eigenvalue weighted by molar-refractivity contribution is 6.07. The second-order valence-electron chi connectivity index (χ2n) is 8.48. The Balaban J connectivity index is 1.36. The van der Waals surface area contributed by atoms with Crippen molar-refractivity contribution in [1.82, 2.24) is 15.0 Å². The van der Waals surface area contributed by atoms with Crippen molar-refractivity contribution in [3.8, 4) is 11.3 Å². The molecule has 0 radical (unpaired) electrons. The van der Waals surface area contributed by atoms with E-state index in [4.69, 9.17) is 16.2 Å². The van der Waals surface area contributed by atoms with Crippen LogP contribution in [0.25, 0.3) is 11.3 Å². The van der Waals surface area contributed by atoms with E-state index in [9.17, 15) is 4.79 Å². The number of benzene rings is 1. The molecule has 2 saturated heterocycles. The summed E-state index contributed by atoms with van der Waals surface area (Å²) in [5.74, 6) is -0.363. The summed E-state index contributed by atoms with van der Waals surface area (Å²) in [5, 5.41) is 2.91. The number of ether oxygens (including phenoxy) is 1. The predicted octanol–water partition coefficient (Wildman–Crippen LogP) is 1.75. The van der Waals surface area contributed by atoms with Crippen molar-refractivity contribution < 1.29 is 9.53 Å². The number of carbonyl (C=O) groups excluding carboxylic acids is 1. The highest BCUT2D eigenvalue weighted by Gasteiger charge is 2.21. The Morgan fingerprint density at radius 2 is 1.85 bits per heavy atom. The first-order valence-corrected chi connectivity index (χ1v) is 11.4. The van der Waals surface area contributed by atoms with Crippen LogP contribution in [0.15, 0.2) is 48.9 Å². The molecule has 0 aliphatic carbocycles. The maximum absolute atomic E-state index is 13.1. The van der Waals surface area contributed by atoms with Gasteiger partial charge >= 0.3 is 0 Å². The van der Waals surface area contributed by atoms with Crippen LogP contribution in [0, 0.1) is 0 Å². The van der Waals surface area contributed by atoms with E-state index >= 15 is 0 Å². The number of nitrogens with one attached hydrogen (secondary N) is 1. The van der Waals surface area contributed by atoms with Gasteiger partial charge in [-0.2, -0.15) is 0 Å². The Hall–Kier alpha value is -3.76. The highest BCUT2D eigenvalue weighted by Crippen LogP contribution is 2.27. The van der Waals surface area contributed by atoms with Crippen molar-refractivity contribution in [1.29, 1.82) is 0 Å². The van der Waals surface area contributed by atoms with Crippen molar-refractivity contribution >= 4 is 28.8 Å². The number of anilines is 4. The van der Waals surface area contributed by atoms with Gasteiger partial charge in [0.15, 0.2) is 11.5 Å². The molecule has 2 aliphatic heterocycles. The lowest BCUT2D eigenvalue weighted by molar-refractivity contribution is 0.102. The zero-order valence-corrected chi connectivity index (χ0v) is 18.9. The fraction of sp³-hybridized carbons (Fsp3) is 0.333. The second-order valence-corrected chi connectivity index (χ2v) is 8.48. The first kappa shape index (κ1) is 22.1. The van der Waals surface area contributed by atoms with Crippen molar-refractivity contribution in [3.63, 3.8) is 0 Å². The average molecular weight is 461 g/mol. The SMILES string of the molecule is Nc1ncc(-c2ccc(N3CC[C@H](N)C3)cc2)nc1C(=O)Nc1cnccc1N1CCOCC1. The van der Waals surface area contributed by atoms with E-state index in [0.29, 0.717) is 24.6 Å². The Morgan fingerprint density at radius 3 is 2.59 bits per heavy atom. The summed E-state index contributed by atoms with van der Waals surface area (Å²) in [5.41, 5.74) is 16.1. The van der Waals surface area contributed by atoms with Crippen molar-refractivity contribution in [2.24, 2.45) is 5.73 Å². The van der Waals surface area contributed by atoms with Gasteiger partial charge in [-0.15, -0.1) is 0 Å². The van der Waals surface area contributed by atoms with Crippen LogP contribution in [0.1, 0.15) is 16.9 Å². The maximum Gasteiger partial charge on any atom is 0.278 e. The molecule has 1 amide bonds. The van der Waals surface area contributed by atoms with E-state index in [-0.39, 0.29) is 17.6 Å². The van der Waals surface area contributed by atoms with Crippen LogP contribution >= 0.6 is 0 Å². The van der Waals surface area contributed by atoms with Gasteiger partial charge in [-0.25, -0.2) is 9.97 Å². The van der Waals surface area contributed by atoms with Gasteiger partial charge in [-0.05, 0) is 24.6 Å². The average Bonchev–Trinajstić information content (AvgIpc) is 3.31. The fourth-order valence-corrected chi connectivity index (χ4v) is 4.31. The second kappa shape index (κ2) is 9.62. The lowest BCUT2D eigenvalue weighted by atomic mass is 10.1. The largest absolute Gasteiger partial charge is 0.382 e. The number of nitrogens with zero attached hydrogens (tertiary/aromatic N) is 5. The third-order valence-corrected chi connectivity index (χ3v) is 6.17. The normalized spacial score (nSPS) is 18.2. The van der Waals surface area contributed by atoms with Crippen LogP contribution in [0.5, 0.6) is 0 Å². The summed E-state index contributed by atoms with van der Waals surface area (Å²) in [4.78, 5) is 30.5. The summed E-state index contributed by atoms with van der Waals surface area (Å²) in [7, 11) is 0. The van der Waals surface area contributed by atoms with E-state index in [1.165, 1.54) is 0 Å². The quantitative estimate of drug-likeness (QED) is 0.520. The number of rotatable bonds is 5. The molecule has 0 saturated carbocycles. The van der Waals surface area contributed by atoms with Crippen molar-refractivity contribution in [3.05, 3.63) is 54.6 Å². The summed E-state index contributed by atoms with van der Waals surface area (Å²) in [6.07, 6.45) is 5.90. The molecule has 2 aliphatic rings. The molecular formula is C24H28N8O2. The Bertz CT molecular complexity index is 1160. The molecule has 5 rings (SSSR count). The maximum atomic E-state index is 13.1. The minimum atomic E-state index is -0.433. The first-order chi connectivity index (χ1) is 16.6. The van der Waals surface area contributed by atoms with Crippen molar-refractivity contribution in [2.45, 2.75) is 12.5 Å². The van der Waals surface area contributed by atoms with Gasteiger partial charge < -0.3 is 31.3 Å². The summed E-state index contributed by atoms with van der Waals surface area (Å²) in [6.45, 7) is 4.56. The van der Waals surface area contributed by atoms with Gasteiger partial charge in [-0.1, -0.05) is 12.1 Å². The lowest BCUT2D eigenvalue weighted by Gasteiger charge is -2.30. The molecule has 2 fully saturated rings. The van der Waals surface area contributed by atoms with Crippen LogP contribution in [-0.4, -0.2) is 66.3 Å². The lowest BCUT2D eigenvalue weighted by Crippen LogP contribution is -2.36. The Morgan fingerprint density at radius 1 is 1.06 bits per heavy atom. The number of amides is 1. The monoisotopic (exact) mass is 460 g/mol. The minimum Gasteiger partial charge on any atom is -0.382 e. The standard InChI is InChI=1S/C24H28N8O2/c25-17-6-8-32(15-17)18-3-1-16(2-4-18)19-14-28-23(26)22(29-19)24(33)30-20-13-27-7-5-21(20)31-9-11-34-12-10-31/h1-5,7,13-14,17H,6,8-12,15,25H2,(H2,26,28)(H,30,33)/t17-/m0/s1. The molecule has 0 spiro atoms.